The summed E-state index contributed by atoms with van der Waals surface area (Å²) in [5.41, 5.74) is 3.62. The Morgan fingerprint density at radius 2 is 1.86 bits per heavy atom. The van der Waals surface area contributed by atoms with E-state index in [1.165, 1.54) is 11.1 Å². The number of rotatable bonds is 4. The molecule has 0 radical (unpaired) electrons. The van der Waals surface area contributed by atoms with Crippen LogP contribution in [0.4, 0.5) is 0 Å². The normalized spacial score (nSPS) is 15.4. The molecular formula is C19H22O2. The van der Waals surface area contributed by atoms with E-state index in [2.05, 4.69) is 51.1 Å². The van der Waals surface area contributed by atoms with Crippen molar-refractivity contribution in [1.29, 1.82) is 0 Å². The zero-order valence-electron chi connectivity index (χ0n) is 13.0. The summed E-state index contributed by atoms with van der Waals surface area (Å²) < 4.78 is 12.0. The molecule has 0 aliphatic carbocycles. The van der Waals surface area contributed by atoms with Gasteiger partial charge in [0.25, 0.3) is 0 Å². The van der Waals surface area contributed by atoms with E-state index in [1.54, 1.807) is 0 Å². The van der Waals surface area contributed by atoms with Crippen LogP contribution in [-0.4, -0.2) is 5.60 Å². The van der Waals surface area contributed by atoms with Crippen molar-refractivity contribution in [3.8, 4) is 11.5 Å². The highest BCUT2D eigenvalue weighted by molar-refractivity contribution is 5.45. The van der Waals surface area contributed by atoms with Gasteiger partial charge in [0.05, 0.1) is 0 Å². The Hall–Kier alpha value is -1.96. The summed E-state index contributed by atoms with van der Waals surface area (Å²) in [6.07, 6.45) is 2.01. The molecule has 0 spiro atoms. The minimum absolute atomic E-state index is 0.110. The molecule has 21 heavy (non-hydrogen) atoms. The van der Waals surface area contributed by atoms with Gasteiger partial charge >= 0.3 is 0 Å². The number of para-hydroxylation sites is 1. The first-order chi connectivity index (χ1) is 10.1. The predicted molar refractivity (Wildman–Crippen MR) is 85.0 cm³/mol. The Labute approximate surface area is 126 Å². The lowest BCUT2D eigenvalue weighted by Crippen LogP contribution is -2.25. The fourth-order valence-corrected chi connectivity index (χ4v) is 2.78. The molecule has 0 fully saturated rings. The van der Waals surface area contributed by atoms with Gasteiger partial charge in [0.2, 0.25) is 0 Å². The topological polar surface area (TPSA) is 18.5 Å². The average molecular weight is 282 g/mol. The number of hydrogen-bond donors (Lipinski definition) is 0. The molecule has 0 aromatic heterocycles. The molecule has 110 valence electrons. The van der Waals surface area contributed by atoms with E-state index in [4.69, 9.17) is 9.47 Å². The van der Waals surface area contributed by atoms with Crippen molar-refractivity contribution in [3.05, 3.63) is 59.2 Å². The fraction of sp³-hybridized carbons (Fsp3) is 0.368. The SMILES string of the molecule is CCc1ccc(OCc2cccc3c2OC(C)(C)C3)cc1. The first kappa shape index (κ1) is 14.0. The second kappa shape index (κ2) is 5.44. The molecule has 2 aromatic carbocycles. The summed E-state index contributed by atoms with van der Waals surface area (Å²) in [7, 11) is 0. The maximum absolute atomic E-state index is 6.07. The van der Waals surface area contributed by atoms with Crippen LogP contribution in [0.25, 0.3) is 0 Å². The van der Waals surface area contributed by atoms with Crippen LogP contribution >= 0.6 is 0 Å². The molecule has 0 N–H and O–H groups in total. The molecule has 1 aliphatic rings. The first-order valence-electron chi connectivity index (χ1n) is 7.59. The lowest BCUT2D eigenvalue weighted by molar-refractivity contribution is 0.135. The highest BCUT2D eigenvalue weighted by atomic mass is 16.5. The number of fused-ring (bicyclic) bond motifs is 1. The highest BCUT2D eigenvalue weighted by Gasteiger charge is 2.31. The van der Waals surface area contributed by atoms with E-state index in [1.807, 2.05) is 12.1 Å². The summed E-state index contributed by atoms with van der Waals surface area (Å²) in [6.45, 7) is 6.95. The van der Waals surface area contributed by atoms with Gasteiger partial charge in [-0.15, -0.1) is 0 Å². The van der Waals surface area contributed by atoms with Gasteiger partial charge in [0, 0.05) is 12.0 Å². The summed E-state index contributed by atoms with van der Waals surface area (Å²) in [6, 6.07) is 14.6. The molecule has 0 unspecified atom stereocenters. The zero-order chi connectivity index (χ0) is 14.9. The molecule has 2 aromatic rings. The minimum Gasteiger partial charge on any atom is -0.489 e. The largest absolute Gasteiger partial charge is 0.489 e. The van der Waals surface area contributed by atoms with Crippen molar-refractivity contribution in [3.63, 3.8) is 0 Å². The van der Waals surface area contributed by atoms with Crippen LogP contribution in [0, 0.1) is 0 Å². The van der Waals surface area contributed by atoms with Crippen molar-refractivity contribution < 1.29 is 9.47 Å². The standard InChI is InChI=1S/C19H22O2/c1-4-14-8-10-17(11-9-14)20-13-16-7-5-6-15-12-19(2,3)21-18(15)16/h5-11H,4,12-13H2,1-3H3. The first-order valence-corrected chi connectivity index (χ1v) is 7.59. The van der Waals surface area contributed by atoms with Gasteiger partial charge in [0.1, 0.15) is 23.7 Å². The number of aryl methyl sites for hydroxylation is 1. The van der Waals surface area contributed by atoms with Crippen LogP contribution in [0.15, 0.2) is 42.5 Å². The number of hydrogen-bond acceptors (Lipinski definition) is 2. The van der Waals surface area contributed by atoms with Crippen molar-refractivity contribution in [2.24, 2.45) is 0 Å². The second-order valence-electron chi connectivity index (χ2n) is 6.23. The molecule has 2 nitrogen and oxygen atoms in total. The zero-order valence-corrected chi connectivity index (χ0v) is 13.0. The quantitative estimate of drug-likeness (QED) is 0.819. The van der Waals surface area contributed by atoms with Crippen LogP contribution in [0.3, 0.4) is 0 Å². The molecule has 1 heterocycles. The van der Waals surface area contributed by atoms with Crippen LogP contribution in [0.5, 0.6) is 11.5 Å². The molecule has 0 saturated heterocycles. The maximum Gasteiger partial charge on any atom is 0.130 e. The van der Waals surface area contributed by atoms with E-state index in [0.717, 1.165) is 29.9 Å². The summed E-state index contributed by atoms with van der Waals surface area (Å²) >= 11 is 0. The monoisotopic (exact) mass is 282 g/mol. The van der Waals surface area contributed by atoms with Gasteiger partial charge in [-0.2, -0.15) is 0 Å². The van der Waals surface area contributed by atoms with Crippen molar-refractivity contribution in [2.45, 2.75) is 45.8 Å². The third kappa shape index (κ3) is 3.05. The summed E-state index contributed by atoms with van der Waals surface area (Å²) in [5.74, 6) is 1.91. The molecular weight excluding hydrogens is 260 g/mol. The summed E-state index contributed by atoms with van der Waals surface area (Å²) in [4.78, 5) is 0. The Morgan fingerprint density at radius 3 is 2.57 bits per heavy atom. The second-order valence-corrected chi connectivity index (χ2v) is 6.23. The van der Waals surface area contributed by atoms with Gasteiger partial charge in [-0.3, -0.25) is 0 Å². The Bertz CT molecular complexity index is 627. The van der Waals surface area contributed by atoms with E-state index < -0.39 is 0 Å². The van der Waals surface area contributed by atoms with E-state index in [-0.39, 0.29) is 5.60 Å². The number of benzene rings is 2. The highest BCUT2D eigenvalue weighted by Crippen LogP contribution is 2.37. The minimum atomic E-state index is -0.110. The average Bonchev–Trinajstić information content (AvgIpc) is 2.80. The molecule has 0 atom stereocenters. The van der Waals surface area contributed by atoms with Gasteiger partial charge in [-0.05, 0) is 43.5 Å². The lowest BCUT2D eigenvalue weighted by Gasteiger charge is -2.18. The third-order valence-electron chi connectivity index (χ3n) is 3.90. The van der Waals surface area contributed by atoms with Gasteiger partial charge in [-0.25, -0.2) is 0 Å². The van der Waals surface area contributed by atoms with Crippen molar-refractivity contribution in [2.75, 3.05) is 0 Å². The van der Waals surface area contributed by atoms with E-state index >= 15 is 0 Å². The molecule has 1 aliphatic heterocycles. The summed E-state index contributed by atoms with van der Waals surface area (Å²) in [5, 5.41) is 0. The number of ether oxygens (including phenoxy) is 2. The van der Waals surface area contributed by atoms with Crippen LogP contribution in [0.2, 0.25) is 0 Å². The van der Waals surface area contributed by atoms with Crippen molar-refractivity contribution >= 4 is 0 Å². The predicted octanol–water partition coefficient (Wildman–Crippen LogP) is 4.54. The Kier molecular flexibility index (Phi) is 3.62. The Balaban J connectivity index is 1.73. The maximum atomic E-state index is 6.07. The van der Waals surface area contributed by atoms with Gasteiger partial charge in [-0.1, -0.05) is 37.3 Å². The van der Waals surface area contributed by atoms with E-state index in [9.17, 15) is 0 Å². The third-order valence-corrected chi connectivity index (χ3v) is 3.90. The van der Waals surface area contributed by atoms with E-state index in [0.29, 0.717) is 6.61 Å². The molecule has 0 bridgehead atoms. The smallest absolute Gasteiger partial charge is 0.130 e. The van der Waals surface area contributed by atoms with Crippen molar-refractivity contribution in [1.82, 2.24) is 0 Å². The lowest BCUT2D eigenvalue weighted by atomic mass is 10.0. The molecule has 0 saturated carbocycles. The van der Waals surface area contributed by atoms with Crippen LogP contribution < -0.4 is 9.47 Å². The van der Waals surface area contributed by atoms with Crippen LogP contribution in [0.1, 0.15) is 37.5 Å². The fourth-order valence-electron chi connectivity index (χ4n) is 2.78. The van der Waals surface area contributed by atoms with Gasteiger partial charge in [0.15, 0.2) is 0 Å². The molecule has 3 rings (SSSR count). The van der Waals surface area contributed by atoms with Gasteiger partial charge < -0.3 is 9.47 Å². The Morgan fingerprint density at radius 1 is 1.10 bits per heavy atom. The molecule has 2 heteroatoms. The molecule has 0 amide bonds. The van der Waals surface area contributed by atoms with Crippen LogP contribution in [-0.2, 0) is 19.4 Å².